The number of nitro benzene ring substituents is 1. The number of nitrogens with two attached hydrogens (primary N) is 1. The van der Waals surface area contributed by atoms with Crippen LogP contribution in [0.3, 0.4) is 0 Å². The van der Waals surface area contributed by atoms with Gasteiger partial charge in [-0.1, -0.05) is 12.1 Å². The van der Waals surface area contributed by atoms with Crippen molar-refractivity contribution in [1.29, 1.82) is 0 Å². The Kier molecular flexibility index (Phi) is 4.16. The maximum atomic E-state index is 11.3. The smallest absolute Gasteiger partial charge is 0.278 e. The summed E-state index contributed by atoms with van der Waals surface area (Å²) < 4.78 is 10.8. The van der Waals surface area contributed by atoms with E-state index in [1.54, 1.807) is 26.4 Å². The summed E-state index contributed by atoms with van der Waals surface area (Å²) in [5.74, 6) is 1.33. The molecule has 23 heavy (non-hydrogen) atoms. The van der Waals surface area contributed by atoms with Gasteiger partial charge in [-0.25, -0.2) is 0 Å². The minimum atomic E-state index is -0.321. The summed E-state index contributed by atoms with van der Waals surface area (Å²) in [5.41, 5.74) is 3.05. The van der Waals surface area contributed by atoms with Gasteiger partial charge in [-0.3, -0.25) is 10.1 Å². The molecule has 2 aromatic carbocycles. The molecule has 0 fully saturated rings. The van der Waals surface area contributed by atoms with Crippen molar-refractivity contribution in [3.63, 3.8) is 0 Å². The zero-order valence-electron chi connectivity index (χ0n) is 13.1. The largest absolute Gasteiger partial charge is 0.493 e. The van der Waals surface area contributed by atoms with E-state index >= 15 is 0 Å². The third-order valence-corrected chi connectivity index (χ3v) is 4.27. The second kappa shape index (κ2) is 6.26. The summed E-state index contributed by atoms with van der Waals surface area (Å²) in [7, 11) is 3.20. The SMILES string of the molecule is COc1cc2c(cc1OC)[C@H](c1ccccc1[N+](=O)[O-])[NH2+]CC2. The number of hydrogen-bond donors (Lipinski definition) is 1. The maximum Gasteiger partial charge on any atom is 0.278 e. The fraction of sp³-hybridized carbons (Fsp3) is 0.294. The first-order chi connectivity index (χ1) is 11.2. The van der Waals surface area contributed by atoms with Crippen LogP contribution in [0.25, 0.3) is 0 Å². The molecule has 0 saturated carbocycles. The molecular formula is C17H19N2O4+. The van der Waals surface area contributed by atoms with Crippen molar-refractivity contribution in [1.82, 2.24) is 0 Å². The third-order valence-electron chi connectivity index (χ3n) is 4.27. The van der Waals surface area contributed by atoms with Gasteiger partial charge in [0, 0.05) is 18.1 Å². The molecule has 0 bridgehead atoms. The van der Waals surface area contributed by atoms with Crippen LogP contribution in [-0.4, -0.2) is 25.7 Å². The minimum absolute atomic E-state index is 0.111. The molecule has 0 spiro atoms. The molecule has 1 aliphatic heterocycles. The lowest BCUT2D eigenvalue weighted by atomic mass is 9.88. The highest BCUT2D eigenvalue weighted by atomic mass is 16.6. The van der Waals surface area contributed by atoms with Crippen molar-refractivity contribution >= 4 is 5.69 Å². The van der Waals surface area contributed by atoms with Crippen LogP contribution in [-0.2, 0) is 6.42 Å². The van der Waals surface area contributed by atoms with Crippen LogP contribution in [0.4, 0.5) is 5.69 Å². The highest BCUT2D eigenvalue weighted by molar-refractivity contribution is 5.53. The first-order valence-electron chi connectivity index (χ1n) is 7.47. The van der Waals surface area contributed by atoms with Gasteiger partial charge in [0.1, 0.15) is 6.04 Å². The fourth-order valence-corrected chi connectivity index (χ4v) is 3.19. The first kappa shape index (κ1) is 15.3. The topological polar surface area (TPSA) is 78.2 Å². The normalized spacial score (nSPS) is 16.5. The molecule has 0 aromatic heterocycles. The van der Waals surface area contributed by atoms with Gasteiger partial charge in [-0.15, -0.1) is 0 Å². The molecule has 0 aliphatic carbocycles. The molecule has 0 amide bonds. The van der Waals surface area contributed by atoms with E-state index in [-0.39, 0.29) is 16.7 Å². The van der Waals surface area contributed by atoms with E-state index in [1.165, 1.54) is 0 Å². The summed E-state index contributed by atoms with van der Waals surface area (Å²) in [6, 6.07) is 10.7. The number of fused-ring (bicyclic) bond motifs is 1. The highest BCUT2D eigenvalue weighted by Crippen LogP contribution is 2.37. The summed E-state index contributed by atoms with van der Waals surface area (Å²) in [6.07, 6.45) is 0.896. The number of rotatable bonds is 4. The van der Waals surface area contributed by atoms with Crippen LogP contribution in [0.1, 0.15) is 22.7 Å². The van der Waals surface area contributed by atoms with Gasteiger partial charge in [0.2, 0.25) is 0 Å². The molecule has 0 unspecified atom stereocenters. The van der Waals surface area contributed by atoms with Crippen molar-refractivity contribution in [2.24, 2.45) is 0 Å². The van der Waals surface area contributed by atoms with E-state index in [4.69, 9.17) is 9.47 Å². The molecule has 2 aromatic rings. The molecule has 0 radical (unpaired) electrons. The number of ether oxygens (including phenoxy) is 2. The second-order valence-electron chi connectivity index (χ2n) is 5.47. The fourth-order valence-electron chi connectivity index (χ4n) is 3.19. The Bertz CT molecular complexity index is 745. The van der Waals surface area contributed by atoms with Crippen molar-refractivity contribution in [3.8, 4) is 11.5 Å². The predicted octanol–water partition coefficient (Wildman–Crippen LogP) is 1.82. The van der Waals surface area contributed by atoms with E-state index < -0.39 is 0 Å². The number of methoxy groups -OCH3 is 2. The molecule has 1 atom stereocenters. The molecule has 6 nitrogen and oxygen atoms in total. The van der Waals surface area contributed by atoms with Gasteiger partial charge >= 0.3 is 0 Å². The Morgan fingerprint density at radius 3 is 2.52 bits per heavy atom. The van der Waals surface area contributed by atoms with Crippen LogP contribution in [0.5, 0.6) is 11.5 Å². The highest BCUT2D eigenvalue weighted by Gasteiger charge is 2.31. The molecular weight excluding hydrogens is 296 g/mol. The van der Waals surface area contributed by atoms with Crippen molar-refractivity contribution in [2.75, 3.05) is 20.8 Å². The third kappa shape index (κ3) is 2.73. The van der Waals surface area contributed by atoms with Crippen LogP contribution >= 0.6 is 0 Å². The number of quaternary nitrogens is 1. The zero-order chi connectivity index (χ0) is 16.4. The van der Waals surface area contributed by atoms with Gasteiger partial charge in [0.25, 0.3) is 5.69 Å². The lowest BCUT2D eigenvalue weighted by Crippen LogP contribution is -2.87. The van der Waals surface area contributed by atoms with Gasteiger partial charge < -0.3 is 14.8 Å². The molecule has 3 rings (SSSR count). The second-order valence-corrected chi connectivity index (χ2v) is 5.47. The van der Waals surface area contributed by atoms with E-state index in [9.17, 15) is 10.1 Å². The predicted molar refractivity (Wildman–Crippen MR) is 85.0 cm³/mol. The Labute approximate surface area is 134 Å². The summed E-state index contributed by atoms with van der Waals surface area (Å²) in [6.45, 7) is 0.874. The van der Waals surface area contributed by atoms with Gasteiger partial charge in [0.15, 0.2) is 11.5 Å². The summed E-state index contributed by atoms with van der Waals surface area (Å²) >= 11 is 0. The molecule has 1 heterocycles. The van der Waals surface area contributed by atoms with Crippen LogP contribution in [0, 0.1) is 10.1 Å². The molecule has 120 valence electrons. The number of para-hydroxylation sites is 1. The Morgan fingerprint density at radius 2 is 1.83 bits per heavy atom. The molecule has 0 saturated heterocycles. The number of nitrogens with zero attached hydrogens (tertiary/aromatic N) is 1. The van der Waals surface area contributed by atoms with E-state index in [1.807, 2.05) is 24.3 Å². The van der Waals surface area contributed by atoms with Crippen molar-refractivity contribution in [3.05, 3.63) is 63.2 Å². The number of nitro groups is 1. The Hall–Kier alpha value is -2.60. The van der Waals surface area contributed by atoms with E-state index in [0.717, 1.165) is 24.1 Å². The zero-order valence-corrected chi connectivity index (χ0v) is 13.1. The quantitative estimate of drug-likeness (QED) is 0.689. The van der Waals surface area contributed by atoms with Crippen molar-refractivity contribution < 1.29 is 19.7 Å². The van der Waals surface area contributed by atoms with Gasteiger partial charge in [-0.05, 0) is 23.8 Å². The van der Waals surface area contributed by atoms with E-state index in [2.05, 4.69) is 5.32 Å². The van der Waals surface area contributed by atoms with Gasteiger partial charge in [-0.2, -0.15) is 0 Å². The Morgan fingerprint density at radius 1 is 1.13 bits per heavy atom. The van der Waals surface area contributed by atoms with E-state index in [0.29, 0.717) is 17.1 Å². The summed E-state index contributed by atoms with van der Waals surface area (Å²) in [5, 5.41) is 13.5. The van der Waals surface area contributed by atoms with Crippen LogP contribution < -0.4 is 14.8 Å². The number of hydrogen-bond acceptors (Lipinski definition) is 4. The monoisotopic (exact) mass is 315 g/mol. The standard InChI is InChI=1S/C17H18N2O4/c1-22-15-9-11-7-8-18-17(13(11)10-16(15)23-2)12-5-3-4-6-14(12)19(20)21/h3-6,9-10,17-18H,7-8H2,1-2H3/p+1/t17-/m0/s1. The van der Waals surface area contributed by atoms with Gasteiger partial charge in [0.05, 0.1) is 31.3 Å². The summed E-state index contributed by atoms with van der Waals surface area (Å²) in [4.78, 5) is 11.0. The number of benzene rings is 2. The first-order valence-corrected chi connectivity index (χ1v) is 7.47. The lowest BCUT2D eigenvalue weighted by molar-refractivity contribution is -0.690. The van der Waals surface area contributed by atoms with Crippen LogP contribution in [0.15, 0.2) is 36.4 Å². The van der Waals surface area contributed by atoms with Crippen LogP contribution in [0.2, 0.25) is 0 Å². The average molecular weight is 315 g/mol. The Balaban J connectivity index is 2.14. The van der Waals surface area contributed by atoms with Crippen molar-refractivity contribution in [2.45, 2.75) is 12.5 Å². The lowest BCUT2D eigenvalue weighted by Gasteiger charge is -2.25. The maximum absolute atomic E-state index is 11.3. The molecule has 6 heteroatoms. The molecule has 1 aliphatic rings. The minimum Gasteiger partial charge on any atom is -0.493 e. The average Bonchev–Trinajstić information content (AvgIpc) is 2.59. The molecule has 2 N–H and O–H groups in total.